The maximum Gasteiger partial charge on any atom is 0.269 e. The van der Waals surface area contributed by atoms with Crippen molar-refractivity contribution in [3.63, 3.8) is 0 Å². The van der Waals surface area contributed by atoms with Crippen LogP contribution in [0.2, 0.25) is 0 Å². The lowest BCUT2D eigenvalue weighted by atomic mass is 9.81. The second-order valence-electron chi connectivity index (χ2n) is 7.37. The van der Waals surface area contributed by atoms with E-state index in [2.05, 4.69) is 6.07 Å². The van der Waals surface area contributed by atoms with Crippen molar-refractivity contribution in [2.24, 2.45) is 0 Å². The average molecular weight is 396 g/mol. The first-order valence-corrected chi connectivity index (χ1v) is 9.74. The minimum absolute atomic E-state index is 0.0339. The predicted octanol–water partition coefficient (Wildman–Crippen LogP) is 6.08. The van der Waals surface area contributed by atoms with E-state index in [0.717, 1.165) is 22.3 Å². The summed E-state index contributed by atoms with van der Waals surface area (Å²) in [6.45, 7) is 2.04. The van der Waals surface area contributed by atoms with E-state index >= 15 is 0 Å². The van der Waals surface area contributed by atoms with Gasteiger partial charge in [0.25, 0.3) is 5.69 Å². The SMILES string of the molecule is Cc1ccc([C@H]2C[C@@H](c3ccc([N+](=O)[O-])cc3)C(C#N)=C(c3ccccc3)O2)cc1. The summed E-state index contributed by atoms with van der Waals surface area (Å²) in [5.41, 5.74) is 4.49. The summed E-state index contributed by atoms with van der Waals surface area (Å²) in [5.74, 6) is 0.351. The van der Waals surface area contributed by atoms with E-state index < -0.39 is 4.92 Å². The van der Waals surface area contributed by atoms with Crippen molar-refractivity contribution >= 4 is 11.4 Å². The minimum Gasteiger partial charge on any atom is -0.484 e. The van der Waals surface area contributed by atoms with E-state index in [1.807, 2.05) is 61.5 Å². The second kappa shape index (κ2) is 8.22. The molecule has 0 saturated carbocycles. The number of allylic oxidation sites excluding steroid dienone is 1. The number of aryl methyl sites for hydroxylation is 1. The van der Waals surface area contributed by atoms with Gasteiger partial charge in [-0.2, -0.15) is 5.26 Å². The van der Waals surface area contributed by atoms with Crippen LogP contribution in [-0.4, -0.2) is 4.92 Å². The molecule has 148 valence electrons. The number of hydrogen-bond donors (Lipinski definition) is 0. The minimum atomic E-state index is -0.417. The van der Waals surface area contributed by atoms with Crippen LogP contribution < -0.4 is 0 Å². The van der Waals surface area contributed by atoms with Crippen molar-refractivity contribution in [1.82, 2.24) is 0 Å². The molecule has 1 heterocycles. The standard InChI is InChI=1S/C25H20N2O3/c1-17-7-9-19(10-8-17)24-15-22(18-11-13-21(14-12-18)27(28)29)23(16-26)25(30-24)20-5-3-2-4-6-20/h2-14,22,24H,15H2,1H3/t22-,24+/m0/s1. The molecule has 30 heavy (non-hydrogen) atoms. The molecule has 5 nitrogen and oxygen atoms in total. The number of benzene rings is 3. The van der Waals surface area contributed by atoms with Crippen molar-refractivity contribution in [3.8, 4) is 6.07 Å². The van der Waals surface area contributed by atoms with E-state index in [0.29, 0.717) is 17.8 Å². The average Bonchev–Trinajstić information content (AvgIpc) is 2.79. The number of nitro benzene ring substituents is 1. The first-order valence-electron chi connectivity index (χ1n) is 9.74. The van der Waals surface area contributed by atoms with Gasteiger partial charge in [-0.25, -0.2) is 0 Å². The van der Waals surface area contributed by atoms with Gasteiger partial charge in [0.05, 0.1) is 16.6 Å². The van der Waals surface area contributed by atoms with Crippen LogP contribution in [0, 0.1) is 28.4 Å². The lowest BCUT2D eigenvalue weighted by Crippen LogP contribution is -2.19. The summed E-state index contributed by atoms with van der Waals surface area (Å²) in [4.78, 5) is 10.6. The third kappa shape index (κ3) is 3.81. The van der Waals surface area contributed by atoms with Crippen molar-refractivity contribution in [3.05, 3.63) is 117 Å². The van der Waals surface area contributed by atoms with Crippen LogP contribution >= 0.6 is 0 Å². The molecule has 0 bridgehead atoms. The molecular formula is C25H20N2O3. The number of nitro groups is 1. The Morgan fingerprint density at radius 3 is 2.20 bits per heavy atom. The molecule has 0 N–H and O–H groups in total. The Balaban J connectivity index is 1.81. The lowest BCUT2D eigenvalue weighted by Gasteiger charge is -2.33. The van der Waals surface area contributed by atoms with Gasteiger partial charge in [-0.1, -0.05) is 72.3 Å². The van der Waals surface area contributed by atoms with Gasteiger partial charge in [0.2, 0.25) is 0 Å². The van der Waals surface area contributed by atoms with Crippen molar-refractivity contribution in [1.29, 1.82) is 5.26 Å². The summed E-state index contributed by atoms with van der Waals surface area (Å²) in [5, 5.41) is 21.0. The van der Waals surface area contributed by atoms with Gasteiger partial charge in [-0.15, -0.1) is 0 Å². The van der Waals surface area contributed by atoms with Crippen LogP contribution in [0.25, 0.3) is 5.76 Å². The highest BCUT2D eigenvalue weighted by molar-refractivity contribution is 5.70. The third-order valence-electron chi connectivity index (χ3n) is 5.41. The fourth-order valence-electron chi connectivity index (χ4n) is 3.80. The molecule has 0 aromatic heterocycles. The zero-order chi connectivity index (χ0) is 21.1. The van der Waals surface area contributed by atoms with E-state index in [4.69, 9.17) is 4.74 Å². The van der Waals surface area contributed by atoms with E-state index in [9.17, 15) is 15.4 Å². The van der Waals surface area contributed by atoms with Gasteiger partial charge in [0.1, 0.15) is 11.9 Å². The van der Waals surface area contributed by atoms with E-state index in [-0.39, 0.29) is 17.7 Å². The number of ether oxygens (including phenoxy) is 1. The fourth-order valence-corrected chi connectivity index (χ4v) is 3.80. The molecule has 3 aromatic carbocycles. The Morgan fingerprint density at radius 1 is 0.967 bits per heavy atom. The molecule has 2 atom stereocenters. The first-order chi connectivity index (χ1) is 14.6. The number of rotatable bonds is 4. The maximum absolute atomic E-state index is 11.0. The van der Waals surface area contributed by atoms with Gasteiger partial charge >= 0.3 is 0 Å². The number of nitriles is 1. The summed E-state index contributed by atoms with van der Waals surface area (Å²) < 4.78 is 6.36. The van der Waals surface area contributed by atoms with Crippen LogP contribution in [0.15, 0.2) is 84.4 Å². The van der Waals surface area contributed by atoms with Crippen molar-refractivity contribution < 1.29 is 9.66 Å². The van der Waals surface area contributed by atoms with E-state index in [1.165, 1.54) is 12.1 Å². The third-order valence-corrected chi connectivity index (χ3v) is 5.41. The van der Waals surface area contributed by atoms with Gasteiger partial charge in [-0.3, -0.25) is 10.1 Å². The number of non-ortho nitro benzene ring substituents is 1. The Morgan fingerprint density at radius 2 is 1.60 bits per heavy atom. The van der Waals surface area contributed by atoms with Crippen LogP contribution in [0.5, 0.6) is 0 Å². The summed E-state index contributed by atoms with van der Waals surface area (Å²) in [6.07, 6.45) is 0.359. The van der Waals surface area contributed by atoms with Gasteiger partial charge in [0, 0.05) is 30.0 Å². The topological polar surface area (TPSA) is 76.2 Å². The number of hydrogen-bond acceptors (Lipinski definition) is 4. The first kappa shape index (κ1) is 19.4. The van der Waals surface area contributed by atoms with Gasteiger partial charge < -0.3 is 4.74 Å². The Kier molecular flexibility index (Phi) is 5.32. The monoisotopic (exact) mass is 396 g/mol. The molecule has 0 unspecified atom stereocenters. The zero-order valence-electron chi connectivity index (χ0n) is 16.5. The highest BCUT2D eigenvalue weighted by Crippen LogP contribution is 2.46. The molecule has 0 spiro atoms. The quantitative estimate of drug-likeness (QED) is 0.395. The molecule has 0 amide bonds. The molecule has 0 aliphatic carbocycles. The largest absolute Gasteiger partial charge is 0.484 e. The Bertz CT molecular complexity index is 1130. The predicted molar refractivity (Wildman–Crippen MR) is 114 cm³/mol. The fraction of sp³-hybridized carbons (Fsp3) is 0.160. The summed E-state index contributed by atoms with van der Waals surface area (Å²) in [6, 6.07) is 26.6. The molecule has 0 fully saturated rings. The van der Waals surface area contributed by atoms with Crippen LogP contribution in [0.3, 0.4) is 0 Å². The second-order valence-corrected chi connectivity index (χ2v) is 7.37. The molecular weight excluding hydrogens is 376 g/mol. The van der Waals surface area contributed by atoms with Crippen molar-refractivity contribution in [2.75, 3.05) is 0 Å². The molecule has 0 saturated heterocycles. The molecule has 3 aromatic rings. The lowest BCUT2D eigenvalue weighted by molar-refractivity contribution is -0.384. The molecule has 5 heteroatoms. The smallest absolute Gasteiger partial charge is 0.269 e. The molecule has 1 aliphatic heterocycles. The van der Waals surface area contributed by atoms with Crippen LogP contribution in [0.4, 0.5) is 5.69 Å². The Hall–Kier alpha value is -3.91. The molecule has 4 rings (SSSR count). The summed E-state index contributed by atoms with van der Waals surface area (Å²) >= 11 is 0. The zero-order valence-corrected chi connectivity index (χ0v) is 16.5. The molecule has 0 radical (unpaired) electrons. The highest BCUT2D eigenvalue weighted by Gasteiger charge is 2.33. The van der Waals surface area contributed by atoms with E-state index in [1.54, 1.807) is 12.1 Å². The van der Waals surface area contributed by atoms with Gasteiger partial charge in [-0.05, 0) is 18.1 Å². The van der Waals surface area contributed by atoms with Crippen LogP contribution in [0.1, 0.15) is 40.7 Å². The molecule has 1 aliphatic rings. The Labute approximate surface area is 175 Å². The highest BCUT2D eigenvalue weighted by atomic mass is 16.6. The summed E-state index contributed by atoms with van der Waals surface area (Å²) in [7, 11) is 0. The van der Waals surface area contributed by atoms with Crippen LogP contribution in [-0.2, 0) is 4.74 Å². The van der Waals surface area contributed by atoms with Crippen molar-refractivity contribution in [2.45, 2.75) is 25.4 Å². The number of nitrogens with zero attached hydrogens (tertiary/aromatic N) is 2. The van der Waals surface area contributed by atoms with Gasteiger partial charge in [0.15, 0.2) is 0 Å². The normalized spacial score (nSPS) is 18.4. The maximum atomic E-state index is 11.0.